The Morgan fingerprint density at radius 3 is 2.50 bits per heavy atom. The van der Waals surface area contributed by atoms with Crippen molar-refractivity contribution in [2.45, 2.75) is 59.0 Å². The van der Waals surface area contributed by atoms with Crippen molar-refractivity contribution in [2.24, 2.45) is 5.92 Å². The highest BCUT2D eigenvalue weighted by Crippen LogP contribution is 2.20. The number of halogens is 1. The first-order valence-corrected chi connectivity index (χ1v) is 9.14. The molecule has 2 aromatic carbocycles. The van der Waals surface area contributed by atoms with Gasteiger partial charge in [0, 0.05) is 6.07 Å². The summed E-state index contributed by atoms with van der Waals surface area (Å²) in [6.45, 7) is 5.00. The van der Waals surface area contributed by atoms with Crippen molar-refractivity contribution in [1.82, 2.24) is 0 Å². The Morgan fingerprint density at radius 2 is 1.79 bits per heavy atom. The van der Waals surface area contributed by atoms with Crippen LogP contribution in [-0.4, -0.2) is 0 Å². The minimum Gasteiger partial charge on any atom is -0.489 e. The molecular formula is C22H29FO. The van der Waals surface area contributed by atoms with E-state index in [-0.39, 0.29) is 5.82 Å². The van der Waals surface area contributed by atoms with Crippen LogP contribution >= 0.6 is 0 Å². The molecule has 130 valence electrons. The second kappa shape index (κ2) is 10.1. The van der Waals surface area contributed by atoms with Gasteiger partial charge in [0.05, 0.1) is 0 Å². The normalized spacial score (nSPS) is 12.1. The summed E-state index contributed by atoms with van der Waals surface area (Å²) in [6, 6.07) is 15.2. The lowest BCUT2D eigenvalue weighted by molar-refractivity contribution is 0.304. The molecule has 0 saturated carbocycles. The Hall–Kier alpha value is -1.83. The summed E-state index contributed by atoms with van der Waals surface area (Å²) in [5.41, 5.74) is 1.88. The quantitative estimate of drug-likeness (QED) is 0.449. The van der Waals surface area contributed by atoms with E-state index in [1.54, 1.807) is 0 Å². The first kappa shape index (κ1) is 18.5. The average Bonchev–Trinajstić information content (AvgIpc) is 2.61. The van der Waals surface area contributed by atoms with Crippen molar-refractivity contribution in [3.05, 3.63) is 65.5 Å². The van der Waals surface area contributed by atoms with Gasteiger partial charge in [0.1, 0.15) is 18.2 Å². The molecule has 0 aromatic heterocycles. The van der Waals surface area contributed by atoms with Gasteiger partial charge in [-0.2, -0.15) is 0 Å². The molecule has 0 aliphatic carbocycles. The number of rotatable bonds is 10. The molecule has 1 unspecified atom stereocenters. The average molecular weight is 328 g/mol. The van der Waals surface area contributed by atoms with E-state index in [0.717, 1.165) is 29.9 Å². The lowest BCUT2D eigenvalue weighted by Crippen LogP contribution is -1.98. The van der Waals surface area contributed by atoms with E-state index in [0.29, 0.717) is 12.4 Å². The van der Waals surface area contributed by atoms with Gasteiger partial charge in [-0.05, 0) is 36.0 Å². The van der Waals surface area contributed by atoms with Gasteiger partial charge < -0.3 is 4.74 Å². The molecular weight excluding hydrogens is 299 g/mol. The fourth-order valence-electron chi connectivity index (χ4n) is 2.75. The van der Waals surface area contributed by atoms with E-state index < -0.39 is 0 Å². The lowest BCUT2D eigenvalue weighted by Gasteiger charge is -2.10. The van der Waals surface area contributed by atoms with Gasteiger partial charge in [-0.1, -0.05) is 75.9 Å². The minimum atomic E-state index is -0.150. The SMILES string of the molecule is CCC(C)CCCCCc1ccc(OCc2ccccc2)cc1F. The molecule has 0 bridgehead atoms. The molecule has 0 heterocycles. The molecule has 0 amide bonds. The number of hydrogen-bond donors (Lipinski definition) is 0. The molecule has 0 radical (unpaired) electrons. The molecule has 0 fully saturated rings. The molecule has 2 rings (SSSR count). The van der Waals surface area contributed by atoms with E-state index in [9.17, 15) is 4.39 Å². The van der Waals surface area contributed by atoms with Crippen molar-refractivity contribution < 1.29 is 9.13 Å². The van der Waals surface area contributed by atoms with Crippen LogP contribution in [0.25, 0.3) is 0 Å². The Kier molecular flexibility index (Phi) is 7.81. The topological polar surface area (TPSA) is 9.23 Å². The highest BCUT2D eigenvalue weighted by Gasteiger charge is 2.05. The molecule has 0 aliphatic heterocycles. The van der Waals surface area contributed by atoms with Crippen molar-refractivity contribution in [1.29, 1.82) is 0 Å². The second-order valence-electron chi connectivity index (χ2n) is 6.64. The predicted molar refractivity (Wildman–Crippen MR) is 98.8 cm³/mol. The molecule has 0 aliphatic rings. The van der Waals surface area contributed by atoms with Crippen molar-refractivity contribution in [2.75, 3.05) is 0 Å². The van der Waals surface area contributed by atoms with E-state index >= 15 is 0 Å². The summed E-state index contributed by atoms with van der Waals surface area (Å²) < 4.78 is 19.9. The summed E-state index contributed by atoms with van der Waals surface area (Å²) in [4.78, 5) is 0. The van der Waals surface area contributed by atoms with Crippen molar-refractivity contribution in [3.63, 3.8) is 0 Å². The lowest BCUT2D eigenvalue weighted by atomic mass is 9.99. The molecule has 0 N–H and O–H groups in total. The van der Waals surface area contributed by atoms with Crippen LogP contribution in [0.3, 0.4) is 0 Å². The number of hydrogen-bond acceptors (Lipinski definition) is 1. The van der Waals surface area contributed by atoms with Gasteiger partial charge >= 0.3 is 0 Å². The van der Waals surface area contributed by atoms with Gasteiger partial charge in [0.2, 0.25) is 0 Å². The highest BCUT2D eigenvalue weighted by atomic mass is 19.1. The third-order valence-corrected chi connectivity index (χ3v) is 4.61. The number of aryl methyl sites for hydroxylation is 1. The van der Waals surface area contributed by atoms with Gasteiger partial charge in [-0.15, -0.1) is 0 Å². The third-order valence-electron chi connectivity index (χ3n) is 4.61. The molecule has 2 aromatic rings. The highest BCUT2D eigenvalue weighted by molar-refractivity contribution is 5.29. The fraction of sp³-hybridized carbons (Fsp3) is 0.455. The van der Waals surface area contributed by atoms with Crippen LogP contribution in [0.5, 0.6) is 5.75 Å². The maximum Gasteiger partial charge on any atom is 0.130 e. The van der Waals surface area contributed by atoms with E-state index in [2.05, 4.69) is 13.8 Å². The Bertz CT molecular complexity index is 594. The van der Waals surface area contributed by atoms with Gasteiger partial charge in [0.15, 0.2) is 0 Å². The molecule has 0 saturated heterocycles. The molecule has 2 heteroatoms. The minimum absolute atomic E-state index is 0.150. The van der Waals surface area contributed by atoms with E-state index in [4.69, 9.17) is 4.74 Å². The van der Waals surface area contributed by atoms with Crippen molar-refractivity contribution in [3.8, 4) is 5.75 Å². The first-order valence-electron chi connectivity index (χ1n) is 9.14. The Morgan fingerprint density at radius 1 is 1.00 bits per heavy atom. The maximum atomic E-state index is 14.2. The summed E-state index contributed by atoms with van der Waals surface area (Å²) in [5, 5.41) is 0. The van der Waals surface area contributed by atoms with Crippen LogP contribution in [-0.2, 0) is 13.0 Å². The van der Waals surface area contributed by atoms with Crippen LogP contribution in [0.15, 0.2) is 48.5 Å². The fourth-order valence-corrected chi connectivity index (χ4v) is 2.75. The van der Waals surface area contributed by atoms with Crippen LogP contribution in [0.2, 0.25) is 0 Å². The first-order chi connectivity index (χ1) is 11.7. The number of ether oxygens (including phenoxy) is 1. The van der Waals surface area contributed by atoms with Crippen LogP contribution in [0.4, 0.5) is 4.39 Å². The summed E-state index contributed by atoms with van der Waals surface area (Å²) in [6.07, 6.45) is 6.82. The zero-order chi connectivity index (χ0) is 17.2. The Labute approximate surface area is 145 Å². The molecule has 0 spiro atoms. The van der Waals surface area contributed by atoms with E-state index in [1.807, 2.05) is 42.5 Å². The number of unbranched alkanes of at least 4 members (excludes halogenated alkanes) is 2. The zero-order valence-corrected chi connectivity index (χ0v) is 14.9. The molecule has 1 atom stereocenters. The summed E-state index contributed by atoms with van der Waals surface area (Å²) in [5.74, 6) is 1.25. The predicted octanol–water partition coefficient (Wildman–Crippen LogP) is 6.55. The van der Waals surface area contributed by atoms with Crippen LogP contribution in [0.1, 0.15) is 57.1 Å². The standard InChI is InChI=1S/C22H29FO/c1-3-18(2)10-6-4-9-13-20-14-15-21(16-22(20)23)24-17-19-11-7-5-8-12-19/h5,7-8,11-12,14-16,18H,3-4,6,9-10,13,17H2,1-2H3. The zero-order valence-electron chi connectivity index (χ0n) is 14.9. The van der Waals surface area contributed by atoms with Gasteiger partial charge in [0.25, 0.3) is 0 Å². The largest absolute Gasteiger partial charge is 0.489 e. The van der Waals surface area contributed by atoms with Crippen molar-refractivity contribution >= 4 is 0 Å². The Balaban J connectivity index is 1.75. The molecule has 1 nitrogen and oxygen atoms in total. The summed E-state index contributed by atoms with van der Waals surface area (Å²) >= 11 is 0. The third kappa shape index (κ3) is 6.35. The monoisotopic (exact) mass is 328 g/mol. The van der Waals surface area contributed by atoms with Crippen LogP contribution < -0.4 is 4.74 Å². The van der Waals surface area contributed by atoms with Gasteiger partial charge in [-0.3, -0.25) is 0 Å². The van der Waals surface area contributed by atoms with E-state index in [1.165, 1.54) is 31.7 Å². The van der Waals surface area contributed by atoms with Crippen LogP contribution in [0, 0.1) is 11.7 Å². The molecule has 24 heavy (non-hydrogen) atoms. The summed E-state index contributed by atoms with van der Waals surface area (Å²) in [7, 11) is 0. The number of benzene rings is 2. The second-order valence-corrected chi connectivity index (χ2v) is 6.64. The maximum absolute atomic E-state index is 14.2. The van der Waals surface area contributed by atoms with Gasteiger partial charge in [-0.25, -0.2) is 4.39 Å². The smallest absolute Gasteiger partial charge is 0.130 e.